The molecule has 3 aromatic carbocycles. The summed E-state index contributed by atoms with van der Waals surface area (Å²) in [7, 11) is 1.65. The van der Waals surface area contributed by atoms with Crippen molar-refractivity contribution in [2.75, 3.05) is 19.0 Å². The molecular weight excluding hydrogens is 426 g/mol. The molecule has 0 spiro atoms. The third-order valence-electron chi connectivity index (χ3n) is 6.07. The Bertz CT molecular complexity index is 1280. The van der Waals surface area contributed by atoms with Crippen LogP contribution in [0.4, 0.5) is 10.5 Å². The SMILES string of the molecule is CCOc1ccc(NC(=O)N2Cc3ccccc3-n3cccc3[C@@H]2c2ccc(OC)cc2)cc1. The van der Waals surface area contributed by atoms with Crippen molar-refractivity contribution in [1.29, 1.82) is 0 Å². The molecule has 0 unspecified atom stereocenters. The number of methoxy groups -OCH3 is 1. The molecule has 4 aromatic rings. The van der Waals surface area contributed by atoms with Gasteiger partial charge < -0.3 is 24.3 Å². The maximum Gasteiger partial charge on any atom is 0.322 e. The van der Waals surface area contributed by atoms with E-state index in [0.29, 0.717) is 13.2 Å². The van der Waals surface area contributed by atoms with E-state index in [9.17, 15) is 4.79 Å². The zero-order valence-electron chi connectivity index (χ0n) is 19.3. The minimum atomic E-state index is -0.281. The second kappa shape index (κ2) is 9.35. The van der Waals surface area contributed by atoms with Crippen LogP contribution in [0.1, 0.15) is 29.8 Å². The fourth-order valence-corrected chi connectivity index (χ4v) is 4.47. The summed E-state index contributed by atoms with van der Waals surface area (Å²) in [5.74, 6) is 1.56. The number of hydrogen-bond donors (Lipinski definition) is 1. The number of urea groups is 1. The highest BCUT2D eigenvalue weighted by molar-refractivity contribution is 5.90. The normalized spacial score (nSPS) is 14.5. The molecule has 1 N–H and O–H groups in total. The number of carbonyl (C=O) groups is 1. The average Bonchev–Trinajstić information content (AvgIpc) is 3.30. The third kappa shape index (κ3) is 4.10. The first-order valence-corrected chi connectivity index (χ1v) is 11.4. The number of carbonyl (C=O) groups excluding carboxylic acids is 1. The molecule has 1 aromatic heterocycles. The molecule has 0 bridgehead atoms. The van der Waals surface area contributed by atoms with Gasteiger partial charge in [0.05, 0.1) is 32.0 Å². The van der Waals surface area contributed by atoms with Crippen molar-refractivity contribution in [1.82, 2.24) is 9.47 Å². The van der Waals surface area contributed by atoms with E-state index in [2.05, 4.69) is 34.3 Å². The Balaban J connectivity index is 1.55. The number of rotatable bonds is 5. The molecule has 5 rings (SSSR count). The number of aromatic nitrogens is 1. The molecule has 1 atom stereocenters. The summed E-state index contributed by atoms with van der Waals surface area (Å²) >= 11 is 0. The second-order valence-corrected chi connectivity index (χ2v) is 8.12. The van der Waals surface area contributed by atoms with Gasteiger partial charge in [0.15, 0.2) is 0 Å². The minimum absolute atomic E-state index is 0.172. The summed E-state index contributed by atoms with van der Waals surface area (Å²) in [6.45, 7) is 3.02. The maximum absolute atomic E-state index is 13.7. The van der Waals surface area contributed by atoms with Crippen molar-refractivity contribution in [3.05, 3.63) is 108 Å². The Kier molecular flexibility index (Phi) is 5.95. The molecule has 0 aliphatic carbocycles. The summed E-state index contributed by atoms with van der Waals surface area (Å²) in [6.07, 6.45) is 2.05. The van der Waals surface area contributed by atoms with Crippen LogP contribution in [0.5, 0.6) is 11.5 Å². The lowest BCUT2D eigenvalue weighted by Gasteiger charge is -2.31. The average molecular weight is 454 g/mol. The van der Waals surface area contributed by atoms with Gasteiger partial charge in [0.2, 0.25) is 0 Å². The van der Waals surface area contributed by atoms with E-state index in [1.165, 1.54) is 0 Å². The van der Waals surface area contributed by atoms with Crippen molar-refractivity contribution in [3.63, 3.8) is 0 Å². The highest BCUT2D eigenvalue weighted by Gasteiger charge is 2.33. The van der Waals surface area contributed by atoms with Gasteiger partial charge in [0.1, 0.15) is 11.5 Å². The molecule has 0 fully saturated rings. The second-order valence-electron chi connectivity index (χ2n) is 8.12. The smallest absolute Gasteiger partial charge is 0.322 e. The van der Waals surface area contributed by atoms with Crippen LogP contribution in [0.15, 0.2) is 91.1 Å². The first kappa shape index (κ1) is 21.6. The van der Waals surface area contributed by atoms with Gasteiger partial charge in [-0.2, -0.15) is 0 Å². The molecule has 2 heterocycles. The van der Waals surface area contributed by atoms with E-state index >= 15 is 0 Å². The Morgan fingerprint density at radius 2 is 1.68 bits per heavy atom. The van der Waals surface area contributed by atoms with Gasteiger partial charge in [-0.05, 0) is 72.6 Å². The van der Waals surface area contributed by atoms with Gasteiger partial charge in [-0.3, -0.25) is 0 Å². The predicted octanol–water partition coefficient (Wildman–Crippen LogP) is 6.02. The van der Waals surface area contributed by atoms with Gasteiger partial charge in [-0.1, -0.05) is 30.3 Å². The number of fused-ring (bicyclic) bond motifs is 3. The van der Waals surface area contributed by atoms with E-state index in [1.54, 1.807) is 7.11 Å². The van der Waals surface area contributed by atoms with Crippen molar-refractivity contribution >= 4 is 11.7 Å². The Hall–Kier alpha value is -4.19. The van der Waals surface area contributed by atoms with E-state index in [4.69, 9.17) is 9.47 Å². The fourth-order valence-electron chi connectivity index (χ4n) is 4.47. The Morgan fingerprint density at radius 1 is 0.941 bits per heavy atom. The molecule has 1 aliphatic heterocycles. The van der Waals surface area contributed by atoms with Gasteiger partial charge in [-0.25, -0.2) is 4.79 Å². The van der Waals surface area contributed by atoms with Crippen LogP contribution in [-0.2, 0) is 6.54 Å². The van der Waals surface area contributed by atoms with Crippen LogP contribution < -0.4 is 14.8 Å². The molecule has 1 aliphatic rings. The molecule has 2 amide bonds. The Morgan fingerprint density at radius 3 is 2.41 bits per heavy atom. The van der Waals surface area contributed by atoms with Crippen LogP contribution in [0.2, 0.25) is 0 Å². The van der Waals surface area contributed by atoms with Crippen LogP contribution >= 0.6 is 0 Å². The molecular formula is C28H27N3O3. The molecule has 0 radical (unpaired) electrons. The quantitative estimate of drug-likeness (QED) is 0.402. The number of hydrogen-bond acceptors (Lipinski definition) is 3. The summed E-state index contributed by atoms with van der Waals surface area (Å²) in [5, 5.41) is 3.08. The van der Waals surface area contributed by atoms with E-state index in [-0.39, 0.29) is 12.1 Å². The van der Waals surface area contributed by atoms with Crippen LogP contribution in [-0.4, -0.2) is 29.2 Å². The van der Waals surface area contributed by atoms with Crippen LogP contribution in [0, 0.1) is 0 Å². The van der Waals surface area contributed by atoms with Crippen molar-refractivity contribution in [3.8, 4) is 17.2 Å². The third-order valence-corrected chi connectivity index (χ3v) is 6.07. The van der Waals surface area contributed by atoms with E-state index in [1.807, 2.05) is 78.6 Å². The molecule has 34 heavy (non-hydrogen) atoms. The lowest BCUT2D eigenvalue weighted by atomic mass is 10.0. The van der Waals surface area contributed by atoms with Crippen molar-refractivity contribution in [2.24, 2.45) is 0 Å². The fraction of sp³-hybridized carbons (Fsp3) is 0.179. The number of nitrogens with one attached hydrogen (secondary N) is 1. The lowest BCUT2D eigenvalue weighted by molar-refractivity contribution is 0.194. The predicted molar refractivity (Wildman–Crippen MR) is 133 cm³/mol. The maximum atomic E-state index is 13.7. The molecule has 0 saturated carbocycles. The number of para-hydroxylation sites is 1. The van der Waals surface area contributed by atoms with Crippen LogP contribution in [0.3, 0.4) is 0 Å². The molecule has 6 nitrogen and oxygen atoms in total. The van der Waals surface area contributed by atoms with E-state index < -0.39 is 0 Å². The van der Waals surface area contributed by atoms with Crippen LogP contribution in [0.25, 0.3) is 5.69 Å². The van der Waals surface area contributed by atoms with Gasteiger partial charge >= 0.3 is 6.03 Å². The standard InChI is InChI=1S/C28H27N3O3/c1-3-34-24-16-12-22(13-17-24)29-28(32)31-19-21-7-4-5-8-25(21)30-18-6-9-26(30)27(31)20-10-14-23(33-2)15-11-20/h4-18,27H,3,19H2,1-2H3,(H,29,32)/t27-/m0/s1. The Labute approximate surface area is 199 Å². The number of nitrogens with zero attached hydrogens (tertiary/aromatic N) is 2. The summed E-state index contributed by atoms with van der Waals surface area (Å²) in [4.78, 5) is 15.6. The molecule has 6 heteroatoms. The highest BCUT2D eigenvalue weighted by Crippen LogP contribution is 2.37. The summed E-state index contributed by atoms with van der Waals surface area (Å²) in [6, 6.07) is 27.2. The topological polar surface area (TPSA) is 55.7 Å². The highest BCUT2D eigenvalue weighted by atomic mass is 16.5. The first-order valence-electron chi connectivity index (χ1n) is 11.4. The minimum Gasteiger partial charge on any atom is -0.497 e. The van der Waals surface area contributed by atoms with Crippen molar-refractivity contribution in [2.45, 2.75) is 19.5 Å². The van der Waals surface area contributed by atoms with Gasteiger partial charge in [0, 0.05) is 17.6 Å². The molecule has 172 valence electrons. The number of ether oxygens (including phenoxy) is 2. The largest absolute Gasteiger partial charge is 0.497 e. The van der Waals surface area contributed by atoms with Crippen molar-refractivity contribution < 1.29 is 14.3 Å². The number of anilines is 1. The summed E-state index contributed by atoms with van der Waals surface area (Å²) < 4.78 is 13.1. The summed E-state index contributed by atoms with van der Waals surface area (Å²) in [5.41, 5.74) is 4.91. The van der Waals surface area contributed by atoms with Gasteiger partial charge in [-0.15, -0.1) is 0 Å². The van der Waals surface area contributed by atoms with E-state index in [0.717, 1.165) is 39.7 Å². The molecule has 0 saturated heterocycles. The lowest BCUT2D eigenvalue weighted by Crippen LogP contribution is -2.37. The zero-order valence-corrected chi connectivity index (χ0v) is 19.3. The number of amides is 2. The first-order chi connectivity index (χ1) is 16.7. The van der Waals surface area contributed by atoms with Gasteiger partial charge in [0.25, 0.3) is 0 Å². The number of benzene rings is 3. The monoisotopic (exact) mass is 453 g/mol. The zero-order chi connectivity index (χ0) is 23.5.